The van der Waals surface area contributed by atoms with Crippen LogP contribution in [0.25, 0.3) is 11.1 Å². The number of alkyl halides is 1. The molecule has 0 heterocycles. The average Bonchev–Trinajstić information content (AvgIpc) is 2.67. The van der Waals surface area contributed by atoms with Crippen molar-refractivity contribution in [2.75, 3.05) is 31.9 Å². The predicted molar refractivity (Wildman–Crippen MR) is 115 cm³/mol. The third-order valence-electron chi connectivity index (χ3n) is 3.52. The number of halogens is 3. The highest BCUT2D eigenvalue weighted by Gasteiger charge is 2.11. The van der Waals surface area contributed by atoms with Crippen LogP contribution in [-0.2, 0) is 4.79 Å². The molecule has 0 fully saturated rings. The van der Waals surface area contributed by atoms with Crippen LogP contribution in [0.2, 0.25) is 10.0 Å². The van der Waals surface area contributed by atoms with Crippen molar-refractivity contribution in [1.29, 1.82) is 0 Å². The van der Waals surface area contributed by atoms with Gasteiger partial charge in [0.05, 0.1) is 23.2 Å². The monoisotopic (exact) mass is 447 g/mol. The van der Waals surface area contributed by atoms with E-state index < -0.39 is 0 Å². The van der Waals surface area contributed by atoms with E-state index in [0.29, 0.717) is 40.5 Å². The Morgan fingerprint density at radius 2 is 1.74 bits per heavy atom. The summed E-state index contributed by atoms with van der Waals surface area (Å²) >= 11 is 19.7. The first kappa shape index (κ1) is 22.2. The third-order valence-corrected chi connectivity index (χ3v) is 4.79. The maximum Gasteiger partial charge on any atom is 0.184 e. The number of hydrogen-bond donors (Lipinski definition) is 1. The van der Waals surface area contributed by atoms with E-state index in [4.69, 9.17) is 44.3 Å². The fourth-order valence-corrected chi connectivity index (χ4v) is 3.21. The van der Waals surface area contributed by atoms with Crippen LogP contribution in [0.3, 0.4) is 0 Å². The van der Waals surface area contributed by atoms with Crippen LogP contribution >= 0.6 is 46.8 Å². The standard InChI is InChI=1S/C19H20Cl3NO3S/c1-27-23-11-15(24)12-26-16-5-3-13(4-6-16)14-9-17(21)19(18(22)10-14)25-8-2-7-20/h3-6,9-10,23H,2,7-8,11-12H2,1H3. The van der Waals surface area contributed by atoms with Crippen LogP contribution in [0, 0.1) is 0 Å². The Morgan fingerprint density at radius 3 is 2.33 bits per heavy atom. The molecule has 0 aliphatic rings. The fraction of sp³-hybridized carbons (Fsp3) is 0.316. The first-order valence-corrected chi connectivity index (χ1v) is 10.7. The van der Waals surface area contributed by atoms with E-state index >= 15 is 0 Å². The molecule has 0 saturated carbocycles. The molecule has 8 heteroatoms. The van der Waals surface area contributed by atoms with Gasteiger partial charge < -0.3 is 9.47 Å². The Balaban J connectivity index is 2.03. The van der Waals surface area contributed by atoms with Crippen LogP contribution in [0.1, 0.15) is 6.42 Å². The summed E-state index contributed by atoms with van der Waals surface area (Å²) in [6.45, 7) is 0.758. The minimum Gasteiger partial charge on any atom is -0.490 e. The maximum absolute atomic E-state index is 11.6. The van der Waals surface area contributed by atoms with Crippen molar-refractivity contribution in [2.45, 2.75) is 6.42 Å². The minimum atomic E-state index is -0.0169. The van der Waals surface area contributed by atoms with Gasteiger partial charge in [-0.3, -0.25) is 9.52 Å². The molecular weight excluding hydrogens is 429 g/mol. The Bertz CT molecular complexity index is 733. The lowest BCUT2D eigenvalue weighted by Crippen LogP contribution is -2.22. The molecular formula is C19H20Cl3NO3S. The Kier molecular flexibility index (Phi) is 9.59. The normalized spacial score (nSPS) is 10.7. The van der Waals surface area contributed by atoms with Gasteiger partial charge in [0.25, 0.3) is 0 Å². The first-order valence-electron chi connectivity index (χ1n) is 8.23. The molecule has 0 aliphatic heterocycles. The molecule has 0 saturated heterocycles. The van der Waals surface area contributed by atoms with E-state index in [1.54, 1.807) is 24.3 Å². The summed E-state index contributed by atoms with van der Waals surface area (Å²) in [5.41, 5.74) is 1.79. The van der Waals surface area contributed by atoms with Gasteiger partial charge in [0, 0.05) is 5.88 Å². The minimum absolute atomic E-state index is 0.0169. The second-order valence-electron chi connectivity index (χ2n) is 5.54. The number of ether oxygens (including phenoxy) is 2. The fourth-order valence-electron chi connectivity index (χ4n) is 2.20. The number of hydrogen-bond acceptors (Lipinski definition) is 5. The van der Waals surface area contributed by atoms with E-state index in [1.165, 1.54) is 11.9 Å². The lowest BCUT2D eigenvalue weighted by molar-refractivity contribution is -0.119. The number of Topliss-reactive ketones (excluding diaryl/α,β-unsaturated/α-hetero) is 1. The number of benzene rings is 2. The molecule has 0 aromatic heterocycles. The number of nitrogens with one attached hydrogen (secondary N) is 1. The zero-order valence-electron chi connectivity index (χ0n) is 14.8. The summed E-state index contributed by atoms with van der Waals surface area (Å²) in [7, 11) is 0. The van der Waals surface area contributed by atoms with Crippen LogP contribution < -0.4 is 14.2 Å². The molecule has 2 aromatic rings. The quantitative estimate of drug-likeness (QED) is 0.280. The molecule has 146 valence electrons. The highest BCUT2D eigenvalue weighted by molar-refractivity contribution is 7.96. The van der Waals surface area contributed by atoms with Crippen molar-refractivity contribution in [3.63, 3.8) is 0 Å². The van der Waals surface area contributed by atoms with Crippen LogP contribution in [0.5, 0.6) is 11.5 Å². The molecule has 1 N–H and O–H groups in total. The van der Waals surface area contributed by atoms with Gasteiger partial charge in [0.1, 0.15) is 12.4 Å². The summed E-state index contributed by atoms with van der Waals surface area (Å²) in [5, 5.41) is 0.888. The zero-order chi connectivity index (χ0) is 19.6. The second-order valence-corrected chi connectivity index (χ2v) is 7.43. The molecule has 0 unspecified atom stereocenters. The molecule has 0 bridgehead atoms. The van der Waals surface area contributed by atoms with Crippen molar-refractivity contribution in [3.05, 3.63) is 46.4 Å². The van der Waals surface area contributed by atoms with Crippen molar-refractivity contribution in [1.82, 2.24) is 4.72 Å². The van der Waals surface area contributed by atoms with E-state index in [0.717, 1.165) is 11.1 Å². The van der Waals surface area contributed by atoms with Gasteiger partial charge in [-0.15, -0.1) is 11.6 Å². The number of carbonyl (C=O) groups excluding carboxylic acids is 1. The van der Waals surface area contributed by atoms with Crippen LogP contribution in [0.15, 0.2) is 36.4 Å². The molecule has 0 spiro atoms. The SMILES string of the molecule is CSNCC(=O)COc1ccc(-c2cc(Cl)c(OCCCCl)c(Cl)c2)cc1. The summed E-state index contributed by atoms with van der Waals surface area (Å²) in [6, 6.07) is 11.0. The summed E-state index contributed by atoms with van der Waals surface area (Å²) in [4.78, 5) is 11.6. The highest BCUT2D eigenvalue weighted by atomic mass is 35.5. The van der Waals surface area contributed by atoms with E-state index in [2.05, 4.69) is 4.72 Å². The Labute approximate surface area is 178 Å². The predicted octanol–water partition coefficient (Wildman–Crippen LogP) is 5.48. The van der Waals surface area contributed by atoms with Gasteiger partial charge in [-0.25, -0.2) is 0 Å². The Morgan fingerprint density at radius 1 is 1.07 bits per heavy atom. The van der Waals surface area contributed by atoms with E-state index in [-0.39, 0.29) is 18.9 Å². The topological polar surface area (TPSA) is 47.6 Å². The molecule has 0 radical (unpaired) electrons. The van der Waals surface area contributed by atoms with Gasteiger partial charge in [0.2, 0.25) is 0 Å². The number of ketones is 1. The Hall–Kier alpha value is -1.11. The molecule has 2 aromatic carbocycles. The smallest absolute Gasteiger partial charge is 0.184 e. The zero-order valence-corrected chi connectivity index (χ0v) is 17.9. The van der Waals surface area contributed by atoms with Crippen molar-refractivity contribution < 1.29 is 14.3 Å². The average molecular weight is 449 g/mol. The third kappa shape index (κ3) is 7.09. The molecule has 0 atom stereocenters. The lowest BCUT2D eigenvalue weighted by Gasteiger charge is -2.12. The van der Waals surface area contributed by atoms with Crippen LogP contribution in [0.4, 0.5) is 0 Å². The summed E-state index contributed by atoms with van der Waals surface area (Å²) in [6.07, 6.45) is 2.58. The molecule has 4 nitrogen and oxygen atoms in total. The molecule has 27 heavy (non-hydrogen) atoms. The molecule has 0 amide bonds. The van der Waals surface area contributed by atoms with E-state index in [1.807, 2.05) is 18.4 Å². The van der Waals surface area contributed by atoms with Crippen LogP contribution in [-0.4, -0.2) is 37.7 Å². The second kappa shape index (κ2) is 11.7. The summed E-state index contributed by atoms with van der Waals surface area (Å²) < 4.78 is 14.0. The van der Waals surface area contributed by atoms with Gasteiger partial charge in [-0.05, 0) is 48.1 Å². The number of carbonyl (C=O) groups is 1. The number of rotatable bonds is 11. The largest absolute Gasteiger partial charge is 0.490 e. The molecule has 2 rings (SSSR count). The summed E-state index contributed by atoms with van der Waals surface area (Å²) in [5.74, 6) is 1.58. The lowest BCUT2D eigenvalue weighted by atomic mass is 10.1. The van der Waals surface area contributed by atoms with Gasteiger partial charge in [0.15, 0.2) is 11.5 Å². The van der Waals surface area contributed by atoms with Crippen molar-refractivity contribution in [2.24, 2.45) is 0 Å². The van der Waals surface area contributed by atoms with Gasteiger partial charge in [-0.2, -0.15) is 0 Å². The van der Waals surface area contributed by atoms with Crippen molar-refractivity contribution in [3.8, 4) is 22.6 Å². The highest BCUT2D eigenvalue weighted by Crippen LogP contribution is 2.38. The van der Waals surface area contributed by atoms with Crippen molar-refractivity contribution >= 4 is 52.5 Å². The molecule has 0 aliphatic carbocycles. The van der Waals surface area contributed by atoms with E-state index in [9.17, 15) is 4.79 Å². The van der Waals surface area contributed by atoms with Gasteiger partial charge >= 0.3 is 0 Å². The van der Waals surface area contributed by atoms with Gasteiger partial charge in [-0.1, -0.05) is 47.3 Å². The maximum atomic E-state index is 11.6. The first-order chi connectivity index (χ1) is 13.0.